The number of benzene rings is 2. The lowest BCUT2D eigenvalue weighted by atomic mass is 9.71. The van der Waals surface area contributed by atoms with Crippen LogP contribution in [-0.4, -0.2) is 51.4 Å². The van der Waals surface area contributed by atoms with Gasteiger partial charge in [0.25, 0.3) is 0 Å². The Morgan fingerprint density at radius 2 is 1.76 bits per heavy atom. The molecule has 0 aromatic heterocycles. The smallest absolute Gasteiger partial charge is 0.335 e. The van der Waals surface area contributed by atoms with Crippen LogP contribution in [0.2, 0.25) is 0 Å². The summed E-state index contributed by atoms with van der Waals surface area (Å²) in [7, 11) is 0. The topological polar surface area (TPSA) is 80.8 Å². The van der Waals surface area contributed by atoms with E-state index in [0.717, 1.165) is 34.9 Å². The summed E-state index contributed by atoms with van der Waals surface area (Å²) in [6.07, 6.45) is 2.90. The lowest BCUT2D eigenvalue weighted by molar-refractivity contribution is -0.433. The summed E-state index contributed by atoms with van der Waals surface area (Å²) in [6, 6.07) is 13.5. The van der Waals surface area contributed by atoms with Crippen molar-refractivity contribution in [1.29, 1.82) is 0 Å². The van der Waals surface area contributed by atoms with Crippen LogP contribution in [0.4, 0.5) is 11.4 Å². The van der Waals surface area contributed by atoms with Crippen LogP contribution in [0, 0.1) is 5.92 Å². The van der Waals surface area contributed by atoms with Crippen LogP contribution in [-0.2, 0) is 15.6 Å². The van der Waals surface area contributed by atoms with Crippen molar-refractivity contribution < 1.29 is 24.4 Å². The van der Waals surface area contributed by atoms with Crippen LogP contribution in [0.25, 0.3) is 0 Å². The molecule has 6 nitrogen and oxygen atoms in total. The molecule has 1 fully saturated rings. The maximum atomic E-state index is 13.4. The van der Waals surface area contributed by atoms with Gasteiger partial charge < -0.3 is 15.1 Å². The number of likely N-dealkylation sites (N-methyl/N-ethyl adjacent to an activating group) is 1. The van der Waals surface area contributed by atoms with E-state index in [0.29, 0.717) is 12.1 Å². The number of carbonyl (C=O) groups is 2. The largest absolute Gasteiger partial charge is 0.478 e. The van der Waals surface area contributed by atoms with Gasteiger partial charge in [0.05, 0.1) is 23.0 Å². The van der Waals surface area contributed by atoms with Gasteiger partial charge in [-0.25, -0.2) is 4.79 Å². The van der Waals surface area contributed by atoms with E-state index in [1.165, 1.54) is 5.56 Å². The Bertz CT molecular complexity index is 1430. The zero-order chi connectivity index (χ0) is 26.9. The predicted molar refractivity (Wildman–Crippen MR) is 145 cm³/mol. The van der Waals surface area contributed by atoms with E-state index in [-0.39, 0.29) is 16.8 Å². The highest BCUT2D eigenvalue weighted by Gasteiger charge is 2.50. The minimum absolute atomic E-state index is 0.0654. The summed E-state index contributed by atoms with van der Waals surface area (Å²) in [5.41, 5.74) is 6.07. The zero-order valence-corrected chi connectivity index (χ0v) is 22.4. The molecule has 0 amide bonds. The number of hydrogen-bond donors (Lipinski definition) is 2. The number of rotatable bonds is 5. The average Bonchev–Trinajstić information content (AvgIpc) is 3.23. The van der Waals surface area contributed by atoms with E-state index in [2.05, 4.69) is 42.4 Å². The fourth-order valence-electron chi connectivity index (χ4n) is 6.31. The molecule has 1 saturated carbocycles. The number of carbonyl (C=O) groups excluding carboxylic acids is 1. The van der Waals surface area contributed by atoms with Crippen LogP contribution >= 0.6 is 0 Å². The molecule has 3 aliphatic rings. The molecule has 2 N–H and O–H groups in total. The van der Waals surface area contributed by atoms with Crippen LogP contribution < -0.4 is 4.90 Å². The van der Waals surface area contributed by atoms with Gasteiger partial charge in [0, 0.05) is 46.6 Å². The Kier molecular flexibility index (Phi) is 5.79. The number of ketones is 1. The third-order valence-corrected chi connectivity index (χ3v) is 8.45. The molecule has 5 rings (SSSR count). The normalized spacial score (nSPS) is 25.5. The van der Waals surface area contributed by atoms with Crippen molar-refractivity contribution in [3.8, 4) is 0 Å². The number of aromatic carboxylic acids is 1. The number of carboxylic acid groups (broad SMARTS) is 1. The first-order chi connectivity index (χ1) is 17.4. The highest BCUT2D eigenvalue weighted by atomic mass is 16.4. The number of anilines is 1. The number of hydrogen-bond acceptors (Lipinski definition) is 4. The molecule has 1 aliphatic carbocycles. The summed E-state index contributed by atoms with van der Waals surface area (Å²) in [5.74, 6) is -1.66. The fraction of sp³-hybridized carbons (Fsp3) is 0.387. The maximum Gasteiger partial charge on any atom is 0.335 e. The molecule has 192 valence electrons. The number of aliphatic hydroxyl groups is 1. The monoisotopic (exact) mass is 499 g/mol. The van der Waals surface area contributed by atoms with Gasteiger partial charge in [-0.05, 0) is 51.5 Å². The maximum absolute atomic E-state index is 13.4. The standard InChI is InChI=1S/C31H34N2O4/c1-7-32-23-12-10-9-11-21(23)30(3,4)25(32)16-19-27(34)20(28(19)35)17-26-31(5,6)22-15-18(29(36)37)13-14-24(22)33(26)8-2/h9-17,20,27,34H,7-8H2,1-6H3/p+1/b19-16-,26-17+. The summed E-state index contributed by atoms with van der Waals surface area (Å²) in [4.78, 5) is 27.2. The number of nitrogens with zero attached hydrogens (tertiary/aromatic N) is 2. The van der Waals surface area contributed by atoms with E-state index in [1.54, 1.807) is 12.1 Å². The first-order valence-electron chi connectivity index (χ1n) is 13.0. The summed E-state index contributed by atoms with van der Waals surface area (Å²) in [6.45, 7) is 14.0. The van der Waals surface area contributed by atoms with Crippen molar-refractivity contribution in [3.05, 3.63) is 82.6 Å². The Labute approximate surface area is 218 Å². The van der Waals surface area contributed by atoms with Gasteiger partial charge in [-0.3, -0.25) is 4.79 Å². The number of aliphatic hydroxyl groups excluding tert-OH is 1. The van der Waals surface area contributed by atoms with E-state index < -0.39 is 23.4 Å². The third kappa shape index (κ3) is 3.53. The van der Waals surface area contributed by atoms with Crippen molar-refractivity contribution >= 4 is 28.8 Å². The first-order valence-corrected chi connectivity index (χ1v) is 13.0. The molecule has 0 radical (unpaired) electrons. The van der Waals surface area contributed by atoms with Gasteiger partial charge >= 0.3 is 5.97 Å². The van der Waals surface area contributed by atoms with Gasteiger partial charge in [-0.2, -0.15) is 4.58 Å². The molecule has 2 atom stereocenters. The van der Waals surface area contributed by atoms with Crippen LogP contribution in [0.5, 0.6) is 0 Å². The van der Waals surface area contributed by atoms with Gasteiger partial charge in [-0.1, -0.05) is 38.1 Å². The molecule has 2 aromatic rings. The molecule has 37 heavy (non-hydrogen) atoms. The van der Waals surface area contributed by atoms with E-state index in [4.69, 9.17) is 0 Å². The Balaban J connectivity index is 1.50. The van der Waals surface area contributed by atoms with Gasteiger partial charge in [0.2, 0.25) is 5.69 Å². The SMILES string of the molecule is CCN1/C(=C/C2C(=O)/C(=C\C3=[N+](CC)c4ccccc4C3(C)C)C2O)C(C)(C)c2cc(C(=O)O)ccc21. The lowest BCUT2D eigenvalue weighted by Gasteiger charge is -2.35. The minimum atomic E-state index is -0.964. The molecular formula is C31H35N2O4+. The van der Waals surface area contributed by atoms with Crippen LogP contribution in [0.15, 0.2) is 65.9 Å². The molecule has 2 unspecified atom stereocenters. The van der Waals surface area contributed by atoms with Crippen molar-refractivity contribution in [1.82, 2.24) is 0 Å². The molecule has 2 aromatic carbocycles. The Morgan fingerprint density at radius 1 is 1.05 bits per heavy atom. The average molecular weight is 500 g/mol. The van der Waals surface area contributed by atoms with Crippen molar-refractivity contribution in [3.63, 3.8) is 0 Å². The zero-order valence-electron chi connectivity index (χ0n) is 22.4. The Morgan fingerprint density at radius 3 is 2.38 bits per heavy atom. The highest BCUT2D eigenvalue weighted by molar-refractivity contribution is 6.14. The fourth-order valence-corrected chi connectivity index (χ4v) is 6.31. The molecule has 0 bridgehead atoms. The molecule has 0 saturated heterocycles. The van der Waals surface area contributed by atoms with E-state index in [1.807, 2.05) is 51.1 Å². The van der Waals surface area contributed by atoms with E-state index in [9.17, 15) is 19.8 Å². The van der Waals surface area contributed by atoms with Gasteiger partial charge in [0.1, 0.15) is 6.54 Å². The number of allylic oxidation sites excluding steroid dienone is 2. The number of carboxylic acids is 1. The summed E-state index contributed by atoms with van der Waals surface area (Å²) < 4.78 is 2.23. The molecule has 2 aliphatic heterocycles. The molecular weight excluding hydrogens is 464 g/mol. The summed E-state index contributed by atoms with van der Waals surface area (Å²) in [5, 5.41) is 20.7. The number of Topliss-reactive ketones (excluding diaryl/α,β-unsaturated/α-hetero) is 1. The molecule has 2 heterocycles. The van der Waals surface area contributed by atoms with Crippen LogP contribution in [0.1, 0.15) is 63.0 Å². The van der Waals surface area contributed by atoms with Gasteiger partial charge in [-0.15, -0.1) is 0 Å². The van der Waals surface area contributed by atoms with Crippen LogP contribution in [0.3, 0.4) is 0 Å². The second kappa shape index (κ2) is 8.52. The number of fused-ring (bicyclic) bond motifs is 2. The summed E-state index contributed by atoms with van der Waals surface area (Å²) >= 11 is 0. The second-order valence-electron chi connectivity index (χ2n) is 11.2. The predicted octanol–water partition coefficient (Wildman–Crippen LogP) is 4.97. The van der Waals surface area contributed by atoms with Crippen molar-refractivity contribution in [2.75, 3.05) is 18.0 Å². The minimum Gasteiger partial charge on any atom is -0.478 e. The number of para-hydroxylation sites is 1. The van der Waals surface area contributed by atoms with E-state index >= 15 is 0 Å². The molecule has 6 heteroatoms. The second-order valence-corrected chi connectivity index (χ2v) is 11.2. The quantitative estimate of drug-likeness (QED) is 0.449. The highest BCUT2D eigenvalue weighted by Crippen LogP contribution is 2.49. The third-order valence-electron chi connectivity index (χ3n) is 8.45. The lowest BCUT2D eigenvalue weighted by Crippen LogP contribution is -2.46. The Hall–Kier alpha value is -3.51. The van der Waals surface area contributed by atoms with Gasteiger partial charge in [0.15, 0.2) is 11.5 Å². The first kappa shape index (κ1) is 25.2. The molecule has 0 spiro atoms. The van der Waals surface area contributed by atoms with Crippen molar-refractivity contribution in [2.24, 2.45) is 5.92 Å². The van der Waals surface area contributed by atoms with Crippen molar-refractivity contribution in [2.45, 2.75) is 58.5 Å².